The molecule has 0 spiro atoms. The van der Waals surface area contributed by atoms with E-state index < -0.39 is 10.8 Å². The van der Waals surface area contributed by atoms with E-state index in [1.165, 1.54) is 11.6 Å². The summed E-state index contributed by atoms with van der Waals surface area (Å²) in [6, 6.07) is 10.1. The van der Waals surface area contributed by atoms with E-state index in [0.29, 0.717) is 17.8 Å². The number of amides is 2. The van der Waals surface area contributed by atoms with Gasteiger partial charge in [0.2, 0.25) is 5.91 Å². The molecule has 2 aromatic rings. The lowest BCUT2D eigenvalue weighted by molar-refractivity contribution is -0.385. The third kappa shape index (κ3) is 3.60. The number of nitrogens with zero attached hydrogens (tertiary/aromatic N) is 2. The van der Waals surface area contributed by atoms with Gasteiger partial charge in [0.1, 0.15) is 0 Å². The number of benzene rings is 2. The van der Waals surface area contributed by atoms with Gasteiger partial charge in [-0.15, -0.1) is 0 Å². The number of carbonyl (C=O) groups is 2. The summed E-state index contributed by atoms with van der Waals surface area (Å²) < 4.78 is 0. The van der Waals surface area contributed by atoms with Gasteiger partial charge in [-0.1, -0.05) is 12.1 Å². The van der Waals surface area contributed by atoms with Crippen LogP contribution in [0, 0.1) is 23.0 Å². The van der Waals surface area contributed by atoms with Gasteiger partial charge in [0.15, 0.2) is 0 Å². The van der Waals surface area contributed by atoms with Crippen molar-refractivity contribution >= 4 is 23.2 Å². The van der Waals surface area contributed by atoms with Crippen molar-refractivity contribution in [2.24, 2.45) is 5.92 Å². The highest BCUT2D eigenvalue weighted by Gasteiger charge is 2.34. The van der Waals surface area contributed by atoms with Crippen LogP contribution in [0.25, 0.3) is 0 Å². The van der Waals surface area contributed by atoms with Crippen molar-refractivity contribution in [3.8, 4) is 0 Å². The number of hydrogen-bond acceptors (Lipinski definition) is 4. The molecule has 0 aromatic heterocycles. The van der Waals surface area contributed by atoms with Gasteiger partial charge < -0.3 is 10.2 Å². The number of aryl methyl sites for hydroxylation is 1. The van der Waals surface area contributed by atoms with Crippen LogP contribution in [0.15, 0.2) is 36.4 Å². The Bertz CT molecular complexity index is 982. The molecule has 0 radical (unpaired) electrons. The number of nitrogens with one attached hydrogen (secondary N) is 1. The molecule has 7 heteroatoms. The second kappa shape index (κ2) is 7.07. The zero-order valence-electron chi connectivity index (χ0n) is 15.6. The standard InChI is InChI=1S/C21H21N3O4/c1-13-2-3-16(11-19(13)24(27)28)20(25)22-18-7-6-14-8-9-23(12-17(14)10-18)21(26)15-4-5-15/h2-3,6-7,10-11,15H,4-5,8-9,12H2,1H3,(H,22,25). The number of nitro groups is 1. The molecular weight excluding hydrogens is 358 g/mol. The van der Waals surface area contributed by atoms with E-state index in [9.17, 15) is 19.7 Å². The lowest BCUT2D eigenvalue weighted by Gasteiger charge is -2.29. The zero-order valence-corrected chi connectivity index (χ0v) is 15.6. The zero-order chi connectivity index (χ0) is 19.8. The topological polar surface area (TPSA) is 92.6 Å². The maximum Gasteiger partial charge on any atom is 0.273 e. The number of rotatable bonds is 4. The Morgan fingerprint density at radius 3 is 2.64 bits per heavy atom. The molecule has 7 nitrogen and oxygen atoms in total. The Labute approximate surface area is 162 Å². The molecule has 1 aliphatic carbocycles. The third-order valence-electron chi connectivity index (χ3n) is 5.38. The molecule has 2 amide bonds. The lowest BCUT2D eigenvalue weighted by atomic mass is 9.98. The SMILES string of the molecule is Cc1ccc(C(=O)Nc2ccc3c(c2)CN(C(=O)C2CC2)CC3)cc1[N+](=O)[O-]. The van der Waals surface area contributed by atoms with E-state index in [-0.39, 0.29) is 23.1 Å². The van der Waals surface area contributed by atoms with Crippen molar-refractivity contribution in [3.63, 3.8) is 0 Å². The highest BCUT2D eigenvalue weighted by Crippen LogP contribution is 2.33. The van der Waals surface area contributed by atoms with Gasteiger partial charge in [-0.2, -0.15) is 0 Å². The summed E-state index contributed by atoms with van der Waals surface area (Å²) in [5.74, 6) is 0.0265. The average Bonchev–Trinajstić information content (AvgIpc) is 3.52. The van der Waals surface area contributed by atoms with Crippen LogP contribution in [0.3, 0.4) is 0 Å². The molecular formula is C21H21N3O4. The second-order valence-electron chi connectivity index (χ2n) is 7.48. The average molecular weight is 379 g/mol. The fraction of sp³-hybridized carbons (Fsp3) is 0.333. The van der Waals surface area contributed by atoms with E-state index in [2.05, 4.69) is 5.32 Å². The number of anilines is 1. The molecule has 0 atom stereocenters. The van der Waals surface area contributed by atoms with Crippen molar-refractivity contribution < 1.29 is 14.5 Å². The van der Waals surface area contributed by atoms with Crippen LogP contribution >= 0.6 is 0 Å². The third-order valence-corrected chi connectivity index (χ3v) is 5.38. The van der Waals surface area contributed by atoms with Crippen molar-refractivity contribution in [3.05, 3.63) is 68.8 Å². The van der Waals surface area contributed by atoms with Crippen molar-refractivity contribution in [1.29, 1.82) is 0 Å². The van der Waals surface area contributed by atoms with E-state index in [1.807, 2.05) is 23.1 Å². The molecule has 28 heavy (non-hydrogen) atoms. The molecule has 1 saturated carbocycles. The van der Waals surface area contributed by atoms with Gasteiger partial charge in [-0.05, 0) is 55.5 Å². The van der Waals surface area contributed by atoms with Crippen LogP contribution in [0.1, 0.15) is 39.9 Å². The summed E-state index contributed by atoms with van der Waals surface area (Å²) in [7, 11) is 0. The monoisotopic (exact) mass is 379 g/mol. The number of carbonyl (C=O) groups excluding carboxylic acids is 2. The second-order valence-corrected chi connectivity index (χ2v) is 7.48. The Hall–Kier alpha value is -3.22. The van der Waals surface area contributed by atoms with Crippen LogP contribution in [-0.2, 0) is 17.8 Å². The Balaban J connectivity index is 1.51. The molecule has 1 N–H and O–H groups in total. The molecule has 1 heterocycles. The Morgan fingerprint density at radius 2 is 1.93 bits per heavy atom. The predicted octanol–water partition coefficient (Wildman–Crippen LogP) is 3.45. The number of hydrogen-bond donors (Lipinski definition) is 1. The number of nitro benzene ring substituents is 1. The van der Waals surface area contributed by atoms with Gasteiger partial charge in [-0.3, -0.25) is 19.7 Å². The molecule has 1 aliphatic heterocycles. The molecule has 0 unspecified atom stereocenters. The smallest absolute Gasteiger partial charge is 0.273 e. The van der Waals surface area contributed by atoms with Crippen LogP contribution in [-0.4, -0.2) is 28.2 Å². The van der Waals surface area contributed by atoms with E-state index in [0.717, 1.165) is 31.4 Å². The largest absolute Gasteiger partial charge is 0.338 e. The Morgan fingerprint density at radius 1 is 1.14 bits per heavy atom. The lowest BCUT2D eigenvalue weighted by Crippen LogP contribution is -2.36. The maximum absolute atomic E-state index is 12.5. The van der Waals surface area contributed by atoms with E-state index in [4.69, 9.17) is 0 Å². The fourth-order valence-electron chi connectivity index (χ4n) is 3.56. The highest BCUT2D eigenvalue weighted by atomic mass is 16.6. The molecule has 1 fully saturated rings. The van der Waals surface area contributed by atoms with Crippen LogP contribution in [0.4, 0.5) is 11.4 Å². The summed E-state index contributed by atoms with van der Waals surface area (Å²) in [6.07, 6.45) is 2.79. The van der Waals surface area contributed by atoms with Crippen molar-refractivity contribution in [1.82, 2.24) is 4.90 Å². The molecule has 4 rings (SSSR count). The summed E-state index contributed by atoms with van der Waals surface area (Å²) >= 11 is 0. The maximum atomic E-state index is 12.5. The summed E-state index contributed by atoms with van der Waals surface area (Å²) in [6.45, 7) is 2.93. The Kier molecular flexibility index (Phi) is 4.58. The van der Waals surface area contributed by atoms with E-state index >= 15 is 0 Å². The molecule has 2 aromatic carbocycles. The first kappa shape index (κ1) is 18.2. The minimum Gasteiger partial charge on any atom is -0.338 e. The normalized spacial score (nSPS) is 15.7. The fourth-order valence-corrected chi connectivity index (χ4v) is 3.56. The van der Waals surface area contributed by atoms with E-state index in [1.54, 1.807) is 19.1 Å². The first-order valence-corrected chi connectivity index (χ1v) is 9.39. The van der Waals surface area contributed by atoms with Crippen LogP contribution in [0.5, 0.6) is 0 Å². The van der Waals surface area contributed by atoms with Crippen LogP contribution in [0.2, 0.25) is 0 Å². The summed E-state index contributed by atoms with van der Waals surface area (Å²) in [5.41, 5.74) is 3.51. The first-order chi connectivity index (χ1) is 13.4. The highest BCUT2D eigenvalue weighted by molar-refractivity contribution is 6.04. The van der Waals surface area contributed by atoms with Crippen LogP contribution < -0.4 is 5.32 Å². The minimum absolute atomic E-state index is 0.0766. The first-order valence-electron chi connectivity index (χ1n) is 9.39. The quantitative estimate of drug-likeness (QED) is 0.650. The van der Waals surface area contributed by atoms with Crippen molar-refractivity contribution in [2.75, 3.05) is 11.9 Å². The molecule has 144 valence electrons. The van der Waals surface area contributed by atoms with Gasteiger partial charge in [0.25, 0.3) is 11.6 Å². The minimum atomic E-state index is -0.490. The van der Waals surface area contributed by atoms with Gasteiger partial charge in [0.05, 0.1) is 4.92 Å². The van der Waals surface area contributed by atoms with Gasteiger partial charge in [0, 0.05) is 41.9 Å². The molecule has 2 aliphatic rings. The van der Waals surface area contributed by atoms with Crippen molar-refractivity contribution in [2.45, 2.75) is 32.7 Å². The summed E-state index contributed by atoms with van der Waals surface area (Å²) in [4.78, 5) is 37.4. The molecule has 0 bridgehead atoms. The number of fused-ring (bicyclic) bond motifs is 1. The van der Waals surface area contributed by atoms with Gasteiger partial charge in [-0.25, -0.2) is 0 Å². The summed E-state index contributed by atoms with van der Waals surface area (Å²) in [5, 5.41) is 13.9. The van der Waals surface area contributed by atoms with Gasteiger partial charge >= 0.3 is 0 Å². The predicted molar refractivity (Wildman–Crippen MR) is 104 cm³/mol. The molecule has 0 saturated heterocycles.